The van der Waals surface area contributed by atoms with Crippen LogP contribution in [0, 0.1) is 0 Å². The molecule has 6 nitrogen and oxygen atoms in total. The first-order valence-electron chi connectivity index (χ1n) is 19.9. The molecule has 0 radical (unpaired) electrons. The predicted octanol–water partition coefficient (Wildman–Crippen LogP) is 13.6. The van der Waals surface area contributed by atoms with Crippen LogP contribution in [0.2, 0.25) is 10.0 Å². The smallest absolute Gasteiger partial charge is 0.242 e. The van der Waals surface area contributed by atoms with Crippen molar-refractivity contribution in [3.8, 4) is 0 Å². The van der Waals surface area contributed by atoms with Crippen LogP contribution in [0.1, 0.15) is 56.7 Å². The number of halogens is 2. The molecular formula is C50H36Cl2N4O2S2. The molecule has 4 aliphatic heterocycles. The molecule has 4 unspecified atom stereocenters. The van der Waals surface area contributed by atoms with Crippen molar-refractivity contribution in [3.63, 3.8) is 0 Å². The van der Waals surface area contributed by atoms with Crippen LogP contribution >= 0.6 is 46.7 Å². The van der Waals surface area contributed by atoms with Crippen LogP contribution in [0.25, 0.3) is 0 Å². The van der Waals surface area contributed by atoms with Gasteiger partial charge in [-0.15, -0.1) is 23.5 Å². The molecule has 294 valence electrons. The van der Waals surface area contributed by atoms with Crippen molar-refractivity contribution in [1.82, 2.24) is 0 Å². The van der Waals surface area contributed by atoms with Crippen LogP contribution in [0.3, 0.4) is 0 Å². The van der Waals surface area contributed by atoms with Crippen LogP contribution < -0.4 is 9.80 Å². The number of thioether (sulfide) groups is 2. The molecule has 7 aromatic carbocycles. The molecule has 0 amide bonds. The van der Waals surface area contributed by atoms with Crippen LogP contribution in [0.4, 0.5) is 11.4 Å². The number of nitrogens with zero attached hydrogens (tertiary/aromatic N) is 4. The van der Waals surface area contributed by atoms with Gasteiger partial charge >= 0.3 is 0 Å². The standard InChI is InChI=1S/C50H36Cl2N4O2S2/c51-39-27-23-37(24-28-39)49-31-45(59-43-17-9-7-15-41(43)55(49)47(53-57-49)35-11-3-1-4-12-35)33-19-21-34(22-20-33)46-32-50(38-25-29-40(52)30-26-38)56(42-16-8-10-18-44(42)60-46)48(54-58-50)36-13-5-2-6-14-36/h1-30,45-46H,31-32H2. The van der Waals surface area contributed by atoms with Crippen molar-refractivity contribution < 1.29 is 9.68 Å². The summed E-state index contributed by atoms with van der Waals surface area (Å²) in [5, 5.41) is 11.1. The van der Waals surface area contributed by atoms with Gasteiger partial charge in [0, 0.05) is 65.4 Å². The summed E-state index contributed by atoms with van der Waals surface area (Å²) in [6.07, 6.45) is 1.25. The van der Waals surface area contributed by atoms with Gasteiger partial charge in [-0.25, -0.2) is 0 Å². The molecule has 0 aromatic heterocycles. The van der Waals surface area contributed by atoms with Crippen molar-refractivity contribution in [2.45, 2.75) is 44.6 Å². The molecule has 0 fully saturated rings. The number of fused-ring (bicyclic) bond motifs is 6. The van der Waals surface area contributed by atoms with E-state index in [4.69, 9.17) is 43.2 Å². The van der Waals surface area contributed by atoms with Gasteiger partial charge in [-0.05, 0) is 59.7 Å². The highest BCUT2D eigenvalue weighted by molar-refractivity contribution is 8.00. The Bertz CT molecular complexity index is 2580. The predicted molar refractivity (Wildman–Crippen MR) is 245 cm³/mol. The van der Waals surface area contributed by atoms with E-state index in [9.17, 15) is 0 Å². The van der Waals surface area contributed by atoms with Crippen molar-refractivity contribution in [1.29, 1.82) is 0 Å². The highest BCUT2D eigenvalue weighted by Gasteiger charge is 2.54. The number of oxime groups is 2. The third kappa shape index (κ3) is 6.28. The van der Waals surface area contributed by atoms with E-state index in [1.165, 1.54) is 11.1 Å². The molecule has 4 heterocycles. The van der Waals surface area contributed by atoms with E-state index in [1.807, 2.05) is 84.2 Å². The first-order chi connectivity index (χ1) is 29.5. The maximum atomic E-state index is 6.75. The lowest BCUT2D eigenvalue weighted by atomic mass is 9.90. The zero-order valence-corrected chi connectivity index (χ0v) is 35.2. The first kappa shape index (κ1) is 37.4. The fourth-order valence-electron chi connectivity index (χ4n) is 8.85. The monoisotopic (exact) mass is 858 g/mol. The summed E-state index contributed by atoms with van der Waals surface area (Å²) in [4.78, 5) is 20.4. The van der Waals surface area contributed by atoms with Crippen LogP contribution in [0.5, 0.6) is 0 Å². The molecule has 0 aliphatic carbocycles. The number of rotatable bonds is 6. The molecule has 0 saturated heterocycles. The summed E-state index contributed by atoms with van der Waals surface area (Å²) in [7, 11) is 0. The fourth-order valence-corrected chi connectivity index (χ4v) is 11.8. The van der Waals surface area contributed by atoms with Gasteiger partial charge < -0.3 is 9.68 Å². The van der Waals surface area contributed by atoms with E-state index in [0.717, 1.165) is 55.1 Å². The summed E-state index contributed by atoms with van der Waals surface area (Å²) < 4.78 is 0. The first-order valence-corrected chi connectivity index (χ1v) is 22.4. The van der Waals surface area contributed by atoms with Gasteiger partial charge in [0.15, 0.2) is 11.7 Å². The van der Waals surface area contributed by atoms with Gasteiger partial charge in [-0.2, -0.15) is 0 Å². The molecule has 4 aliphatic rings. The molecule has 60 heavy (non-hydrogen) atoms. The Morgan fingerprint density at radius 1 is 0.450 bits per heavy atom. The lowest BCUT2D eigenvalue weighted by Gasteiger charge is -2.38. The fraction of sp³-hybridized carbons (Fsp3) is 0.120. The third-order valence-electron chi connectivity index (χ3n) is 11.7. The number of anilines is 2. The summed E-state index contributed by atoms with van der Waals surface area (Å²) in [6, 6.07) is 62.9. The number of amidine groups is 2. The Balaban J connectivity index is 0.989. The number of hydrogen-bond donors (Lipinski definition) is 0. The summed E-state index contributed by atoms with van der Waals surface area (Å²) in [5.74, 6) is 1.55. The van der Waals surface area contributed by atoms with Gasteiger partial charge in [0.1, 0.15) is 0 Å². The lowest BCUT2D eigenvalue weighted by molar-refractivity contribution is -0.0285. The molecule has 0 spiro atoms. The highest BCUT2D eigenvalue weighted by Crippen LogP contribution is 2.58. The molecule has 0 bridgehead atoms. The van der Waals surface area contributed by atoms with Crippen LogP contribution in [-0.2, 0) is 21.1 Å². The molecule has 7 aromatic rings. The van der Waals surface area contributed by atoms with Crippen molar-refractivity contribution in [2.24, 2.45) is 10.3 Å². The normalized spacial score (nSPS) is 22.8. The quantitative estimate of drug-likeness (QED) is 0.166. The maximum Gasteiger partial charge on any atom is 0.242 e. The topological polar surface area (TPSA) is 49.7 Å². The minimum Gasteiger partial charge on any atom is -0.360 e. The van der Waals surface area contributed by atoms with Crippen molar-refractivity contribution >= 4 is 69.8 Å². The Hall–Kier alpha value is -5.64. The van der Waals surface area contributed by atoms with E-state index in [1.54, 1.807) is 0 Å². The molecule has 11 rings (SSSR count). The highest BCUT2D eigenvalue weighted by atomic mass is 35.5. The van der Waals surface area contributed by atoms with Crippen LogP contribution in [-0.4, -0.2) is 11.7 Å². The van der Waals surface area contributed by atoms with E-state index in [2.05, 4.69) is 131 Å². The summed E-state index contributed by atoms with van der Waals surface area (Å²) in [5.41, 5.74) is 6.60. The SMILES string of the molecule is Clc1ccc(C23CC(c4ccc(C5CC6(c7ccc(Cl)cc7)ON=C(c7ccccc7)N6c6ccccc6S5)cc4)Sc4ccccc4N2C(c2ccccc2)=NO3)cc1. The minimum absolute atomic E-state index is 0.0182. The zero-order valence-electron chi connectivity index (χ0n) is 32.1. The maximum absolute atomic E-state index is 6.75. The third-order valence-corrected chi connectivity index (χ3v) is 14.9. The van der Waals surface area contributed by atoms with Crippen molar-refractivity contribution in [3.05, 3.63) is 225 Å². The van der Waals surface area contributed by atoms with E-state index >= 15 is 0 Å². The molecule has 10 heteroatoms. The number of hydrogen-bond acceptors (Lipinski definition) is 8. The number of benzene rings is 7. The van der Waals surface area contributed by atoms with E-state index < -0.39 is 11.4 Å². The zero-order chi connectivity index (χ0) is 40.3. The molecular weight excluding hydrogens is 824 g/mol. The Morgan fingerprint density at radius 2 is 0.817 bits per heavy atom. The average Bonchev–Trinajstić information content (AvgIpc) is 3.78. The second kappa shape index (κ2) is 15.1. The van der Waals surface area contributed by atoms with E-state index in [-0.39, 0.29) is 10.5 Å². The summed E-state index contributed by atoms with van der Waals surface area (Å²) in [6.45, 7) is 0. The number of para-hydroxylation sites is 2. The average molecular weight is 860 g/mol. The second-order valence-electron chi connectivity index (χ2n) is 15.2. The van der Waals surface area contributed by atoms with Crippen LogP contribution in [0.15, 0.2) is 202 Å². The second-order valence-corrected chi connectivity index (χ2v) is 18.6. The minimum atomic E-state index is -0.926. The summed E-state index contributed by atoms with van der Waals surface area (Å²) >= 11 is 16.7. The van der Waals surface area contributed by atoms with Gasteiger partial charge in [-0.1, -0.05) is 167 Å². The lowest BCUT2D eigenvalue weighted by Crippen LogP contribution is -2.47. The van der Waals surface area contributed by atoms with Crippen molar-refractivity contribution in [2.75, 3.05) is 9.80 Å². The van der Waals surface area contributed by atoms with E-state index in [0.29, 0.717) is 22.9 Å². The van der Waals surface area contributed by atoms with Gasteiger partial charge in [0.2, 0.25) is 11.4 Å². The molecule has 4 atom stereocenters. The molecule has 0 N–H and O–H groups in total. The Kier molecular flexibility index (Phi) is 9.42. The van der Waals surface area contributed by atoms with Gasteiger partial charge in [-0.3, -0.25) is 9.80 Å². The van der Waals surface area contributed by atoms with Gasteiger partial charge in [0.25, 0.3) is 0 Å². The molecule has 0 saturated carbocycles. The van der Waals surface area contributed by atoms with Gasteiger partial charge in [0.05, 0.1) is 11.4 Å². The largest absolute Gasteiger partial charge is 0.360 e. The Labute approximate surface area is 367 Å². The Morgan fingerprint density at radius 3 is 1.22 bits per heavy atom.